The minimum absolute atomic E-state index is 0.0592. The van der Waals surface area contributed by atoms with Crippen LogP contribution in [0.15, 0.2) is 36.5 Å². The van der Waals surface area contributed by atoms with Crippen LogP contribution in [-0.2, 0) is 0 Å². The number of aromatic nitrogens is 3. The van der Waals surface area contributed by atoms with Crippen molar-refractivity contribution in [3.63, 3.8) is 0 Å². The third kappa shape index (κ3) is 3.90. The highest BCUT2D eigenvalue weighted by Gasteiger charge is 2.23. The van der Waals surface area contributed by atoms with Crippen LogP contribution in [0.1, 0.15) is 61.5 Å². The third-order valence-electron chi connectivity index (χ3n) is 5.83. The number of carbonyl (C=O) groups excluding carboxylic acids is 1. The molecular weight excluding hydrogens is 362 g/mol. The number of pyridine rings is 1. The van der Waals surface area contributed by atoms with Gasteiger partial charge in [0.25, 0.3) is 5.91 Å². The fraction of sp³-hybridized carbons (Fsp3) is 0.435. The fourth-order valence-corrected chi connectivity index (χ4v) is 4.11. The largest absolute Gasteiger partial charge is 0.349 e. The molecule has 3 N–H and O–H groups in total. The molecule has 152 valence electrons. The molecule has 2 heterocycles. The number of carbonyl (C=O) groups is 1. The second kappa shape index (κ2) is 7.95. The van der Waals surface area contributed by atoms with Crippen LogP contribution >= 0.6 is 0 Å². The highest BCUT2D eigenvalue weighted by Crippen LogP contribution is 2.28. The summed E-state index contributed by atoms with van der Waals surface area (Å²) in [5, 5.41) is 8.52. The van der Waals surface area contributed by atoms with E-state index >= 15 is 0 Å². The minimum Gasteiger partial charge on any atom is -0.349 e. The Labute approximate surface area is 171 Å². The van der Waals surface area contributed by atoms with Gasteiger partial charge in [-0.1, -0.05) is 24.3 Å². The zero-order valence-corrected chi connectivity index (χ0v) is 17.4. The molecule has 0 spiro atoms. The van der Waals surface area contributed by atoms with Gasteiger partial charge < -0.3 is 11.1 Å². The third-order valence-corrected chi connectivity index (χ3v) is 5.83. The van der Waals surface area contributed by atoms with Crippen molar-refractivity contribution in [1.29, 1.82) is 0 Å². The van der Waals surface area contributed by atoms with Crippen molar-refractivity contribution >= 4 is 16.9 Å². The van der Waals surface area contributed by atoms with Crippen molar-refractivity contribution in [3.8, 4) is 11.3 Å². The molecule has 4 rings (SSSR count). The predicted octanol–water partition coefficient (Wildman–Crippen LogP) is 3.99. The number of rotatable bonds is 4. The summed E-state index contributed by atoms with van der Waals surface area (Å²) in [5.74, 6) is -0.0592. The minimum atomic E-state index is -0.0592. The standard InChI is InChI=1S/C23H29N5O/c1-14(2)28-22-20(13-25-28)19(23(29)26-17-10-8-16(24)9-11-17)12-21(27-22)18-7-5-4-6-15(18)3/h4-7,12-14,16-17H,8-11,24H2,1-3H3,(H,26,29). The monoisotopic (exact) mass is 391 g/mol. The molecule has 1 aliphatic carbocycles. The van der Waals surface area contributed by atoms with Gasteiger partial charge >= 0.3 is 0 Å². The van der Waals surface area contributed by atoms with E-state index < -0.39 is 0 Å². The summed E-state index contributed by atoms with van der Waals surface area (Å²) < 4.78 is 1.88. The summed E-state index contributed by atoms with van der Waals surface area (Å²) in [6.45, 7) is 6.20. The molecular formula is C23H29N5O. The Morgan fingerprint density at radius 1 is 1.21 bits per heavy atom. The van der Waals surface area contributed by atoms with Crippen molar-refractivity contribution in [1.82, 2.24) is 20.1 Å². The molecule has 2 aromatic heterocycles. The van der Waals surface area contributed by atoms with Crippen molar-refractivity contribution in [2.75, 3.05) is 0 Å². The van der Waals surface area contributed by atoms with Crippen LogP contribution in [-0.4, -0.2) is 32.8 Å². The lowest BCUT2D eigenvalue weighted by molar-refractivity contribution is 0.0927. The number of hydrogen-bond donors (Lipinski definition) is 2. The summed E-state index contributed by atoms with van der Waals surface area (Å²) in [5.41, 5.74) is 10.4. The molecule has 6 heteroatoms. The zero-order valence-electron chi connectivity index (χ0n) is 17.4. The molecule has 0 saturated heterocycles. The first kappa shape index (κ1) is 19.6. The molecule has 0 atom stereocenters. The van der Waals surface area contributed by atoms with E-state index in [0.717, 1.165) is 53.5 Å². The van der Waals surface area contributed by atoms with Crippen LogP contribution in [0.4, 0.5) is 0 Å². The topological polar surface area (TPSA) is 85.8 Å². The number of hydrogen-bond acceptors (Lipinski definition) is 4. The van der Waals surface area contributed by atoms with Crippen molar-refractivity contribution in [2.24, 2.45) is 5.73 Å². The van der Waals surface area contributed by atoms with Gasteiger partial charge in [0.15, 0.2) is 5.65 Å². The molecule has 6 nitrogen and oxygen atoms in total. The number of aryl methyl sites for hydroxylation is 1. The van der Waals surface area contributed by atoms with Crippen LogP contribution in [0, 0.1) is 6.92 Å². The highest BCUT2D eigenvalue weighted by molar-refractivity contribution is 6.06. The maximum atomic E-state index is 13.2. The molecule has 0 aliphatic heterocycles. The summed E-state index contributed by atoms with van der Waals surface area (Å²) in [4.78, 5) is 18.1. The molecule has 0 bridgehead atoms. The number of nitrogens with one attached hydrogen (secondary N) is 1. The lowest BCUT2D eigenvalue weighted by atomic mass is 9.91. The maximum absolute atomic E-state index is 13.2. The first-order valence-corrected chi connectivity index (χ1v) is 10.4. The maximum Gasteiger partial charge on any atom is 0.252 e. The number of nitrogens with two attached hydrogens (primary N) is 1. The van der Waals surface area contributed by atoms with Gasteiger partial charge in [0.2, 0.25) is 0 Å². The number of benzene rings is 1. The molecule has 1 amide bonds. The molecule has 1 aliphatic rings. The molecule has 3 aromatic rings. The van der Waals surface area contributed by atoms with Crippen LogP contribution in [0.2, 0.25) is 0 Å². The highest BCUT2D eigenvalue weighted by atomic mass is 16.1. The molecule has 0 radical (unpaired) electrons. The van der Waals surface area contributed by atoms with E-state index in [1.807, 2.05) is 28.9 Å². The van der Waals surface area contributed by atoms with E-state index in [0.29, 0.717) is 5.56 Å². The van der Waals surface area contributed by atoms with Gasteiger partial charge in [-0.2, -0.15) is 5.10 Å². The van der Waals surface area contributed by atoms with E-state index in [1.54, 1.807) is 6.20 Å². The summed E-state index contributed by atoms with van der Waals surface area (Å²) >= 11 is 0. The second-order valence-corrected chi connectivity index (χ2v) is 8.38. The number of amides is 1. The molecule has 0 unspecified atom stereocenters. The fourth-order valence-electron chi connectivity index (χ4n) is 4.11. The van der Waals surface area contributed by atoms with Crippen LogP contribution in [0.3, 0.4) is 0 Å². The average molecular weight is 392 g/mol. The van der Waals surface area contributed by atoms with E-state index in [2.05, 4.69) is 37.3 Å². The first-order chi connectivity index (χ1) is 13.9. The van der Waals surface area contributed by atoms with Gasteiger partial charge in [0.05, 0.1) is 22.8 Å². The van der Waals surface area contributed by atoms with Gasteiger partial charge in [-0.3, -0.25) is 4.79 Å². The van der Waals surface area contributed by atoms with Crippen molar-refractivity contribution in [3.05, 3.63) is 47.7 Å². The Morgan fingerprint density at radius 3 is 2.62 bits per heavy atom. The lowest BCUT2D eigenvalue weighted by Gasteiger charge is -2.27. The molecule has 1 saturated carbocycles. The summed E-state index contributed by atoms with van der Waals surface area (Å²) in [6.07, 6.45) is 5.52. The Morgan fingerprint density at radius 2 is 1.93 bits per heavy atom. The summed E-state index contributed by atoms with van der Waals surface area (Å²) in [7, 11) is 0. The smallest absolute Gasteiger partial charge is 0.252 e. The van der Waals surface area contributed by atoms with Gasteiger partial charge in [0, 0.05) is 23.7 Å². The SMILES string of the molecule is Cc1ccccc1-c1cc(C(=O)NC2CCC(N)CC2)c2cnn(C(C)C)c2n1. The zero-order chi connectivity index (χ0) is 20.5. The Balaban J connectivity index is 1.77. The number of nitrogens with zero attached hydrogens (tertiary/aromatic N) is 3. The summed E-state index contributed by atoms with van der Waals surface area (Å²) in [6, 6.07) is 10.6. The predicted molar refractivity (Wildman–Crippen MR) is 116 cm³/mol. The van der Waals surface area contributed by atoms with Crippen LogP contribution in [0.5, 0.6) is 0 Å². The Hall–Kier alpha value is -2.73. The van der Waals surface area contributed by atoms with E-state index in [4.69, 9.17) is 10.7 Å². The van der Waals surface area contributed by atoms with Crippen molar-refractivity contribution in [2.45, 2.75) is 64.6 Å². The van der Waals surface area contributed by atoms with E-state index in [1.165, 1.54) is 0 Å². The quantitative estimate of drug-likeness (QED) is 0.704. The van der Waals surface area contributed by atoms with Crippen molar-refractivity contribution < 1.29 is 4.79 Å². The molecule has 1 fully saturated rings. The second-order valence-electron chi connectivity index (χ2n) is 8.38. The van der Waals surface area contributed by atoms with Gasteiger partial charge in [-0.25, -0.2) is 9.67 Å². The van der Waals surface area contributed by atoms with Gasteiger partial charge in [-0.05, 0) is 58.1 Å². The molecule has 29 heavy (non-hydrogen) atoms. The van der Waals surface area contributed by atoms with Crippen LogP contribution < -0.4 is 11.1 Å². The first-order valence-electron chi connectivity index (χ1n) is 10.4. The van der Waals surface area contributed by atoms with Gasteiger partial charge in [0.1, 0.15) is 0 Å². The van der Waals surface area contributed by atoms with E-state index in [9.17, 15) is 4.79 Å². The van der Waals surface area contributed by atoms with Gasteiger partial charge in [-0.15, -0.1) is 0 Å². The van der Waals surface area contributed by atoms with E-state index in [-0.39, 0.29) is 24.0 Å². The normalized spacial score (nSPS) is 19.6. The van der Waals surface area contributed by atoms with Crippen LogP contribution in [0.25, 0.3) is 22.3 Å². The average Bonchev–Trinajstić information content (AvgIpc) is 3.13. The number of fused-ring (bicyclic) bond motifs is 1. The molecule has 1 aromatic carbocycles. The Bertz CT molecular complexity index is 1030. The lowest BCUT2D eigenvalue weighted by Crippen LogP contribution is -2.40. The Kier molecular flexibility index (Phi) is 5.37.